The molecule has 0 aliphatic heterocycles. The van der Waals surface area contributed by atoms with Gasteiger partial charge in [-0.25, -0.2) is 9.97 Å². The Labute approximate surface area is 121 Å². The molecule has 1 heterocycles. The largest absolute Gasteiger partial charge is 0.497 e. The Hall–Kier alpha value is -2.90. The summed E-state index contributed by atoms with van der Waals surface area (Å²) in [6.45, 7) is 0.490. The first-order valence-electron chi connectivity index (χ1n) is 6.23. The van der Waals surface area contributed by atoms with E-state index < -0.39 is 4.92 Å². The first-order chi connectivity index (χ1) is 10.1. The zero-order valence-electron chi connectivity index (χ0n) is 11.4. The Balaban J connectivity index is 2.00. The highest BCUT2D eigenvalue weighted by Crippen LogP contribution is 2.26. The molecule has 3 N–H and O–H groups in total. The molecular formula is C13H15N5O3. The van der Waals surface area contributed by atoms with Gasteiger partial charge in [0.1, 0.15) is 12.1 Å². The summed E-state index contributed by atoms with van der Waals surface area (Å²) < 4.78 is 5.08. The molecule has 0 aliphatic rings. The minimum Gasteiger partial charge on any atom is -0.497 e. The number of anilines is 2. The Morgan fingerprint density at radius 1 is 1.33 bits per heavy atom. The molecule has 110 valence electrons. The topological polar surface area (TPSA) is 116 Å². The number of nitrogens with zero attached hydrogens (tertiary/aromatic N) is 3. The fourth-order valence-corrected chi connectivity index (χ4v) is 1.82. The second-order valence-corrected chi connectivity index (χ2v) is 4.24. The zero-order valence-corrected chi connectivity index (χ0v) is 11.4. The summed E-state index contributed by atoms with van der Waals surface area (Å²) >= 11 is 0. The second-order valence-electron chi connectivity index (χ2n) is 4.24. The molecule has 1 aromatic carbocycles. The smallest absolute Gasteiger partial charge is 0.352 e. The van der Waals surface area contributed by atoms with Crippen LogP contribution in [0.1, 0.15) is 5.56 Å². The molecule has 1 aromatic heterocycles. The summed E-state index contributed by atoms with van der Waals surface area (Å²) in [5, 5.41) is 13.8. The molecule has 0 unspecified atom stereocenters. The molecule has 0 spiro atoms. The number of aromatic nitrogens is 2. The average Bonchev–Trinajstić information content (AvgIpc) is 2.47. The molecule has 2 rings (SSSR count). The van der Waals surface area contributed by atoms with E-state index >= 15 is 0 Å². The van der Waals surface area contributed by atoms with Gasteiger partial charge in [-0.2, -0.15) is 0 Å². The van der Waals surface area contributed by atoms with E-state index in [1.165, 1.54) is 6.33 Å². The third kappa shape index (κ3) is 3.56. The van der Waals surface area contributed by atoms with Gasteiger partial charge < -0.3 is 15.8 Å². The number of nitrogens with two attached hydrogens (primary N) is 1. The molecule has 0 aliphatic carbocycles. The Morgan fingerprint density at radius 3 is 2.67 bits per heavy atom. The van der Waals surface area contributed by atoms with Crippen LogP contribution in [0.3, 0.4) is 0 Å². The molecule has 0 atom stereocenters. The van der Waals surface area contributed by atoms with E-state index in [0.29, 0.717) is 13.0 Å². The van der Waals surface area contributed by atoms with Crippen LogP contribution < -0.4 is 15.8 Å². The van der Waals surface area contributed by atoms with Gasteiger partial charge in [-0.3, -0.25) is 10.1 Å². The highest BCUT2D eigenvalue weighted by atomic mass is 16.6. The lowest BCUT2D eigenvalue weighted by atomic mass is 10.1. The summed E-state index contributed by atoms with van der Waals surface area (Å²) in [5.41, 5.74) is 6.27. The van der Waals surface area contributed by atoms with E-state index in [4.69, 9.17) is 10.5 Å². The van der Waals surface area contributed by atoms with Crippen LogP contribution in [0.5, 0.6) is 5.75 Å². The summed E-state index contributed by atoms with van der Waals surface area (Å²) in [4.78, 5) is 17.8. The number of benzene rings is 1. The van der Waals surface area contributed by atoms with Crippen LogP contribution in [0.2, 0.25) is 0 Å². The van der Waals surface area contributed by atoms with Crippen molar-refractivity contribution in [3.8, 4) is 5.75 Å². The average molecular weight is 289 g/mol. The summed E-state index contributed by atoms with van der Waals surface area (Å²) in [6.07, 6.45) is 1.88. The van der Waals surface area contributed by atoms with Crippen molar-refractivity contribution in [3.05, 3.63) is 46.3 Å². The number of rotatable bonds is 6. The Bertz CT molecular complexity index is 630. The molecule has 0 fully saturated rings. The van der Waals surface area contributed by atoms with Crippen molar-refractivity contribution in [2.24, 2.45) is 0 Å². The first-order valence-corrected chi connectivity index (χ1v) is 6.23. The summed E-state index contributed by atoms with van der Waals surface area (Å²) in [7, 11) is 1.61. The first kappa shape index (κ1) is 14.5. The lowest BCUT2D eigenvalue weighted by Gasteiger charge is -2.07. The maximum atomic E-state index is 10.9. The third-order valence-electron chi connectivity index (χ3n) is 2.90. The molecule has 0 radical (unpaired) electrons. The maximum absolute atomic E-state index is 10.9. The van der Waals surface area contributed by atoms with E-state index in [9.17, 15) is 10.1 Å². The van der Waals surface area contributed by atoms with Gasteiger partial charge >= 0.3 is 5.69 Å². The highest BCUT2D eigenvalue weighted by molar-refractivity contribution is 5.67. The molecule has 2 aromatic rings. The number of nitrogens with one attached hydrogen (secondary N) is 1. The number of hydrogen-bond acceptors (Lipinski definition) is 7. The van der Waals surface area contributed by atoms with E-state index in [1.54, 1.807) is 7.11 Å². The number of nitrogen functional groups attached to an aromatic ring is 1. The summed E-state index contributed by atoms with van der Waals surface area (Å²) in [5.74, 6) is 0.758. The van der Waals surface area contributed by atoms with E-state index in [0.717, 1.165) is 11.3 Å². The molecule has 0 saturated heterocycles. The third-order valence-corrected chi connectivity index (χ3v) is 2.90. The molecule has 0 amide bonds. The van der Waals surface area contributed by atoms with Gasteiger partial charge in [0, 0.05) is 6.54 Å². The van der Waals surface area contributed by atoms with Crippen LogP contribution in [0.25, 0.3) is 0 Å². The van der Waals surface area contributed by atoms with E-state index in [1.807, 2.05) is 24.3 Å². The SMILES string of the molecule is COc1ccc(CCNc2ncnc(N)c2[N+](=O)[O-])cc1. The van der Waals surface area contributed by atoms with Gasteiger partial charge in [-0.05, 0) is 24.1 Å². The Kier molecular flexibility index (Phi) is 4.50. The quantitative estimate of drug-likeness (QED) is 0.613. The fraction of sp³-hybridized carbons (Fsp3) is 0.231. The van der Waals surface area contributed by atoms with Gasteiger partial charge in [0.25, 0.3) is 0 Å². The van der Waals surface area contributed by atoms with Gasteiger partial charge in [0.2, 0.25) is 11.6 Å². The second kappa shape index (κ2) is 6.51. The van der Waals surface area contributed by atoms with Crippen LogP contribution >= 0.6 is 0 Å². The fourth-order valence-electron chi connectivity index (χ4n) is 1.82. The number of nitro groups is 1. The van der Waals surface area contributed by atoms with Gasteiger partial charge in [-0.1, -0.05) is 12.1 Å². The molecule has 21 heavy (non-hydrogen) atoms. The minimum absolute atomic E-state index is 0.126. The van der Waals surface area contributed by atoms with E-state index in [2.05, 4.69) is 15.3 Å². The van der Waals surface area contributed by atoms with Crippen LogP contribution in [-0.2, 0) is 6.42 Å². The van der Waals surface area contributed by atoms with Gasteiger partial charge in [0.05, 0.1) is 12.0 Å². The van der Waals surface area contributed by atoms with Crippen molar-refractivity contribution in [2.75, 3.05) is 24.7 Å². The molecule has 8 heteroatoms. The number of hydrogen-bond donors (Lipinski definition) is 2. The normalized spacial score (nSPS) is 10.1. The van der Waals surface area contributed by atoms with Crippen LogP contribution in [0.15, 0.2) is 30.6 Å². The maximum Gasteiger partial charge on any atom is 0.352 e. The number of ether oxygens (including phenoxy) is 1. The Morgan fingerprint density at radius 2 is 2.05 bits per heavy atom. The van der Waals surface area contributed by atoms with Crippen LogP contribution in [0.4, 0.5) is 17.3 Å². The van der Waals surface area contributed by atoms with Crippen molar-refractivity contribution >= 4 is 17.3 Å². The predicted octanol–water partition coefficient (Wildman–Crippen LogP) is 1.63. The molecular weight excluding hydrogens is 274 g/mol. The standard InChI is InChI=1S/C13H15N5O3/c1-21-10-4-2-9(3-5-10)6-7-15-13-11(18(19)20)12(14)16-8-17-13/h2-5,8H,6-7H2,1H3,(H3,14,15,16,17). The van der Waals surface area contributed by atoms with Crippen LogP contribution in [0, 0.1) is 10.1 Å². The number of methoxy groups -OCH3 is 1. The van der Waals surface area contributed by atoms with Crippen LogP contribution in [-0.4, -0.2) is 28.5 Å². The van der Waals surface area contributed by atoms with E-state index in [-0.39, 0.29) is 17.3 Å². The van der Waals surface area contributed by atoms with Gasteiger partial charge in [-0.15, -0.1) is 0 Å². The predicted molar refractivity (Wildman–Crippen MR) is 78.3 cm³/mol. The molecule has 0 bridgehead atoms. The molecule has 0 saturated carbocycles. The van der Waals surface area contributed by atoms with Crippen molar-refractivity contribution in [2.45, 2.75) is 6.42 Å². The summed E-state index contributed by atoms with van der Waals surface area (Å²) in [6, 6.07) is 7.59. The lowest BCUT2D eigenvalue weighted by Crippen LogP contribution is -2.10. The monoisotopic (exact) mass is 289 g/mol. The minimum atomic E-state index is -0.592. The zero-order chi connectivity index (χ0) is 15.2. The highest BCUT2D eigenvalue weighted by Gasteiger charge is 2.20. The van der Waals surface area contributed by atoms with Crippen molar-refractivity contribution in [1.29, 1.82) is 0 Å². The van der Waals surface area contributed by atoms with Gasteiger partial charge in [0.15, 0.2) is 0 Å². The lowest BCUT2D eigenvalue weighted by molar-refractivity contribution is -0.383. The van der Waals surface area contributed by atoms with Crippen molar-refractivity contribution < 1.29 is 9.66 Å². The molecule has 8 nitrogen and oxygen atoms in total. The van der Waals surface area contributed by atoms with Crippen molar-refractivity contribution in [3.63, 3.8) is 0 Å². The van der Waals surface area contributed by atoms with Crippen molar-refractivity contribution in [1.82, 2.24) is 9.97 Å².